The van der Waals surface area contributed by atoms with Gasteiger partial charge >= 0.3 is 5.97 Å². The van der Waals surface area contributed by atoms with Gasteiger partial charge in [-0.3, -0.25) is 14.2 Å². The Morgan fingerprint density at radius 3 is 2.61 bits per heavy atom. The van der Waals surface area contributed by atoms with Crippen molar-refractivity contribution in [1.82, 2.24) is 9.55 Å². The first-order valence-corrected chi connectivity index (χ1v) is 5.16. The van der Waals surface area contributed by atoms with Crippen LogP contribution in [0.25, 0.3) is 5.69 Å². The van der Waals surface area contributed by atoms with Crippen molar-refractivity contribution in [2.75, 3.05) is 0 Å². The number of aromatic amines is 1. The second-order valence-corrected chi connectivity index (χ2v) is 3.75. The van der Waals surface area contributed by atoms with Crippen molar-refractivity contribution >= 4 is 5.97 Å². The van der Waals surface area contributed by atoms with Crippen molar-refractivity contribution in [3.8, 4) is 5.69 Å². The summed E-state index contributed by atoms with van der Waals surface area (Å²) in [6.45, 7) is 1.66. The number of pyridine rings is 2. The molecule has 2 rings (SSSR count). The zero-order valence-corrected chi connectivity index (χ0v) is 9.51. The van der Waals surface area contributed by atoms with E-state index < -0.39 is 11.5 Å². The Labute approximate surface area is 101 Å². The molecular formula is C12H10N2O4. The highest BCUT2D eigenvalue weighted by atomic mass is 16.4. The number of nitrogens with zero attached hydrogens (tertiary/aromatic N) is 1. The average molecular weight is 246 g/mol. The molecule has 0 aromatic carbocycles. The molecule has 6 heteroatoms. The maximum absolute atomic E-state index is 12.0. The van der Waals surface area contributed by atoms with E-state index in [1.165, 1.54) is 35.0 Å². The van der Waals surface area contributed by atoms with Gasteiger partial charge in [0.1, 0.15) is 5.56 Å². The number of H-pyrrole nitrogens is 1. The molecule has 92 valence electrons. The summed E-state index contributed by atoms with van der Waals surface area (Å²) in [6, 6.07) is 5.54. The van der Waals surface area contributed by atoms with Crippen LogP contribution in [0.3, 0.4) is 0 Å². The molecule has 0 amide bonds. The molecule has 0 fully saturated rings. The van der Waals surface area contributed by atoms with E-state index in [2.05, 4.69) is 4.98 Å². The highest BCUT2D eigenvalue weighted by Crippen LogP contribution is 2.06. The first kappa shape index (κ1) is 11.8. The Hall–Kier alpha value is -2.63. The van der Waals surface area contributed by atoms with Crippen LogP contribution in [0.4, 0.5) is 0 Å². The average Bonchev–Trinajstić information content (AvgIpc) is 2.28. The van der Waals surface area contributed by atoms with E-state index in [1.54, 1.807) is 6.92 Å². The van der Waals surface area contributed by atoms with Crippen LogP contribution in [-0.4, -0.2) is 20.6 Å². The monoisotopic (exact) mass is 246 g/mol. The van der Waals surface area contributed by atoms with E-state index in [0.717, 1.165) is 0 Å². The van der Waals surface area contributed by atoms with Gasteiger partial charge in [-0.25, -0.2) is 4.79 Å². The summed E-state index contributed by atoms with van der Waals surface area (Å²) in [6.07, 6.45) is 1.40. The van der Waals surface area contributed by atoms with Crippen LogP contribution in [-0.2, 0) is 0 Å². The molecule has 0 saturated heterocycles. The van der Waals surface area contributed by atoms with Crippen molar-refractivity contribution in [3.05, 3.63) is 62.4 Å². The maximum atomic E-state index is 12.0. The summed E-state index contributed by atoms with van der Waals surface area (Å²) in [7, 11) is 0. The van der Waals surface area contributed by atoms with E-state index in [9.17, 15) is 14.4 Å². The number of aromatic carboxylic acids is 1. The van der Waals surface area contributed by atoms with Crippen LogP contribution in [0.2, 0.25) is 0 Å². The lowest BCUT2D eigenvalue weighted by Crippen LogP contribution is -2.27. The quantitative estimate of drug-likeness (QED) is 0.808. The summed E-state index contributed by atoms with van der Waals surface area (Å²) in [4.78, 5) is 36.6. The molecule has 0 atom stereocenters. The number of hydrogen-bond acceptors (Lipinski definition) is 3. The number of nitrogens with one attached hydrogen (secondary N) is 1. The van der Waals surface area contributed by atoms with Crippen LogP contribution >= 0.6 is 0 Å². The lowest BCUT2D eigenvalue weighted by molar-refractivity contribution is 0.0694. The molecule has 0 unspecified atom stereocenters. The Bertz CT molecular complexity index is 727. The third-order valence-corrected chi connectivity index (χ3v) is 2.52. The normalized spacial score (nSPS) is 10.3. The molecule has 0 radical (unpaired) electrons. The fraction of sp³-hybridized carbons (Fsp3) is 0.0833. The van der Waals surface area contributed by atoms with Gasteiger partial charge in [0.25, 0.3) is 5.56 Å². The number of carboxylic acid groups (broad SMARTS) is 1. The minimum absolute atomic E-state index is 0.333. The minimum atomic E-state index is -1.29. The molecule has 0 aliphatic rings. The molecular weight excluding hydrogens is 236 g/mol. The molecule has 0 saturated carbocycles. The van der Waals surface area contributed by atoms with Crippen molar-refractivity contribution in [3.63, 3.8) is 0 Å². The highest BCUT2D eigenvalue weighted by molar-refractivity contribution is 5.87. The van der Waals surface area contributed by atoms with E-state index in [4.69, 9.17) is 5.11 Å². The van der Waals surface area contributed by atoms with Gasteiger partial charge in [-0.05, 0) is 25.1 Å². The van der Waals surface area contributed by atoms with Gasteiger partial charge in [-0.1, -0.05) is 0 Å². The fourth-order valence-corrected chi connectivity index (χ4v) is 1.69. The molecule has 0 aliphatic carbocycles. The molecule has 2 heterocycles. The van der Waals surface area contributed by atoms with E-state index in [-0.39, 0.29) is 11.1 Å². The SMILES string of the molecule is Cc1ccc(C(=O)O)c(=O)n1-c1cc[nH]c(=O)c1. The molecule has 6 nitrogen and oxygen atoms in total. The first-order chi connectivity index (χ1) is 8.50. The zero-order valence-electron chi connectivity index (χ0n) is 9.51. The molecule has 2 aromatic rings. The lowest BCUT2D eigenvalue weighted by Gasteiger charge is -2.09. The van der Waals surface area contributed by atoms with Crippen LogP contribution < -0.4 is 11.1 Å². The maximum Gasteiger partial charge on any atom is 0.341 e. The van der Waals surface area contributed by atoms with Gasteiger partial charge in [0.05, 0.1) is 5.69 Å². The number of aryl methyl sites for hydroxylation is 1. The number of carboxylic acids is 1. The molecule has 2 N–H and O–H groups in total. The smallest absolute Gasteiger partial charge is 0.341 e. The van der Waals surface area contributed by atoms with Crippen molar-refractivity contribution in [1.29, 1.82) is 0 Å². The van der Waals surface area contributed by atoms with E-state index in [0.29, 0.717) is 11.4 Å². The number of hydrogen-bond donors (Lipinski definition) is 2. The Morgan fingerprint density at radius 2 is 2.00 bits per heavy atom. The van der Waals surface area contributed by atoms with Crippen LogP contribution in [0.5, 0.6) is 0 Å². The summed E-state index contributed by atoms with van der Waals surface area (Å²) in [5, 5.41) is 8.90. The van der Waals surface area contributed by atoms with Gasteiger partial charge < -0.3 is 10.1 Å². The summed E-state index contributed by atoms with van der Waals surface area (Å²) in [5.41, 5.74) is -0.464. The minimum Gasteiger partial charge on any atom is -0.477 e. The highest BCUT2D eigenvalue weighted by Gasteiger charge is 2.13. The third kappa shape index (κ3) is 1.95. The zero-order chi connectivity index (χ0) is 13.3. The molecule has 0 aliphatic heterocycles. The van der Waals surface area contributed by atoms with Crippen molar-refractivity contribution in [2.24, 2.45) is 0 Å². The summed E-state index contributed by atoms with van der Waals surface area (Å²) >= 11 is 0. The summed E-state index contributed by atoms with van der Waals surface area (Å²) < 4.78 is 1.19. The van der Waals surface area contributed by atoms with Gasteiger partial charge in [0.15, 0.2) is 0 Å². The van der Waals surface area contributed by atoms with Crippen LogP contribution in [0.1, 0.15) is 16.1 Å². The molecule has 2 aromatic heterocycles. The molecule has 18 heavy (non-hydrogen) atoms. The predicted octanol–water partition coefficient (Wildman–Crippen LogP) is 0.532. The van der Waals surface area contributed by atoms with Gasteiger partial charge in [-0.2, -0.15) is 0 Å². The third-order valence-electron chi connectivity index (χ3n) is 2.52. The Kier molecular flexibility index (Phi) is 2.85. The standard InChI is InChI=1S/C12H10N2O4/c1-7-2-3-9(12(17)18)11(16)14(7)8-4-5-13-10(15)6-8/h2-6H,1H3,(H,13,15)(H,17,18). The van der Waals surface area contributed by atoms with E-state index in [1.807, 2.05) is 0 Å². The van der Waals surface area contributed by atoms with Crippen LogP contribution in [0.15, 0.2) is 40.1 Å². The second-order valence-electron chi connectivity index (χ2n) is 3.75. The number of aromatic nitrogens is 2. The van der Waals surface area contributed by atoms with Crippen LogP contribution in [0, 0.1) is 6.92 Å². The number of carbonyl (C=O) groups is 1. The Balaban J connectivity index is 2.79. The van der Waals surface area contributed by atoms with Crippen molar-refractivity contribution in [2.45, 2.75) is 6.92 Å². The van der Waals surface area contributed by atoms with Gasteiger partial charge in [-0.15, -0.1) is 0 Å². The number of rotatable bonds is 2. The molecule has 0 bridgehead atoms. The first-order valence-electron chi connectivity index (χ1n) is 5.16. The predicted molar refractivity (Wildman–Crippen MR) is 64.4 cm³/mol. The van der Waals surface area contributed by atoms with Crippen molar-refractivity contribution < 1.29 is 9.90 Å². The Morgan fingerprint density at radius 1 is 1.28 bits per heavy atom. The lowest BCUT2D eigenvalue weighted by atomic mass is 10.2. The van der Waals surface area contributed by atoms with E-state index >= 15 is 0 Å². The van der Waals surface area contributed by atoms with Gasteiger partial charge in [0, 0.05) is 18.0 Å². The molecule has 0 spiro atoms. The fourth-order valence-electron chi connectivity index (χ4n) is 1.69. The largest absolute Gasteiger partial charge is 0.477 e. The second kappa shape index (κ2) is 4.33. The topological polar surface area (TPSA) is 92.2 Å². The van der Waals surface area contributed by atoms with Gasteiger partial charge in [0.2, 0.25) is 5.56 Å². The summed E-state index contributed by atoms with van der Waals surface area (Å²) in [5.74, 6) is -1.29.